The molecule has 1 aromatic carbocycles. The van der Waals surface area contributed by atoms with E-state index in [1.54, 1.807) is 6.07 Å². The number of hydrogen-bond donors (Lipinski definition) is 3. The number of aryl methyl sites for hydroxylation is 2. The second kappa shape index (κ2) is 4.45. The Kier molecular flexibility index (Phi) is 2.99. The normalized spacial score (nSPS) is 19.0. The molecular weight excluding hydrogens is 220 g/mol. The van der Waals surface area contributed by atoms with E-state index < -0.39 is 12.1 Å². The molecule has 2 rings (SSSR count). The van der Waals surface area contributed by atoms with Crippen LogP contribution in [0.3, 0.4) is 0 Å². The molecule has 1 unspecified atom stereocenters. The van der Waals surface area contributed by atoms with E-state index >= 15 is 0 Å². The van der Waals surface area contributed by atoms with E-state index in [0.717, 1.165) is 11.1 Å². The van der Waals surface area contributed by atoms with Crippen LogP contribution in [-0.4, -0.2) is 23.1 Å². The molecule has 1 atom stereocenters. The summed E-state index contributed by atoms with van der Waals surface area (Å²) >= 11 is 0. The zero-order chi connectivity index (χ0) is 12.4. The van der Waals surface area contributed by atoms with E-state index in [1.165, 1.54) is 0 Å². The highest BCUT2D eigenvalue weighted by Crippen LogP contribution is 2.18. The molecular formula is C12H14N2O3. The van der Waals surface area contributed by atoms with E-state index in [2.05, 4.69) is 10.6 Å². The maximum Gasteiger partial charge on any atom is 0.322 e. The second-order valence-electron chi connectivity index (χ2n) is 4.17. The van der Waals surface area contributed by atoms with Gasteiger partial charge in [-0.15, -0.1) is 0 Å². The van der Waals surface area contributed by atoms with Crippen molar-refractivity contribution < 1.29 is 14.7 Å². The highest BCUT2D eigenvalue weighted by Gasteiger charge is 2.28. The van der Waals surface area contributed by atoms with Crippen LogP contribution in [-0.2, 0) is 11.2 Å². The van der Waals surface area contributed by atoms with Gasteiger partial charge in [0.05, 0.1) is 0 Å². The maximum atomic E-state index is 11.3. The number of nitrogens with one attached hydrogen (secondary N) is 2. The van der Waals surface area contributed by atoms with E-state index in [1.807, 2.05) is 19.1 Å². The van der Waals surface area contributed by atoms with Gasteiger partial charge >= 0.3 is 6.03 Å². The monoisotopic (exact) mass is 234 g/mol. The zero-order valence-electron chi connectivity index (χ0n) is 9.49. The number of phenolic OH excluding ortho intramolecular Hbond substituents is 1. The number of carbonyl (C=O) groups excluding carboxylic acids is 2. The summed E-state index contributed by atoms with van der Waals surface area (Å²) in [5.41, 5.74) is 1.84. The number of aromatic hydroxyl groups is 1. The van der Waals surface area contributed by atoms with Crippen LogP contribution in [0.1, 0.15) is 17.5 Å². The van der Waals surface area contributed by atoms with Gasteiger partial charge in [-0.1, -0.05) is 12.1 Å². The van der Waals surface area contributed by atoms with E-state index in [4.69, 9.17) is 0 Å². The van der Waals surface area contributed by atoms with Crippen LogP contribution in [0.4, 0.5) is 4.79 Å². The van der Waals surface area contributed by atoms with Crippen molar-refractivity contribution in [1.29, 1.82) is 0 Å². The molecule has 0 spiro atoms. The first kappa shape index (κ1) is 11.4. The van der Waals surface area contributed by atoms with Gasteiger partial charge in [0.15, 0.2) is 0 Å². The molecule has 17 heavy (non-hydrogen) atoms. The minimum absolute atomic E-state index is 0.265. The smallest absolute Gasteiger partial charge is 0.322 e. The number of rotatable bonds is 3. The molecule has 0 aromatic heterocycles. The summed E-state index contributed by atoms with van der Waals surface area (Å²) in [6.45, 7) is 1.82. The van der Waals surface area contributed by atoms with Gasteiger partial charge in [-0.3, -0.25) is 10.1 Å². The van der Waals surface area contributed by atoms with Gasteiger partial charge in [-0.25, -0.2) is 4.79 Å². The fourth-order valence-corrected chi connectivity index (χ4v) is 1.85. The van der Waals surface area contributed by atoms with Gasteiger partial charge < -0.3 is 10.4 Å². The Morgan fingerprint density at radius 1 is 1.35 bits per heavy atom. The van der Waals surface area contributed by atoms with Gasteiger partial charge in [-0.2, -0.15) is 0 Å². The predicted octanol–water partition coefficient (Wildman–Crippen LogP) is 0.841. The summed E-state index contributed by atoms with van der Waals surface area (Å²) < 4.78 is 0. The summed E-state index contributed by atoms with van der Waals surface area (Å²) in [6.07, 6.45) is 1.24. The summed E-state index contributed by atoms with van der Waals surface area (Å²) in [5.74, 6) is -0.00818. The molecule has 1 saturated heterocycles. The van der Waals surface area contributed by atoms with Crippen LogP contribution in [0.25, 0.3) is 0 Å². The molecule has 1 aliphatic rings. The fourth-order valence-electron chi connectivity index (χ4n) is 1.85. The number of urea groups is 1. The number of carbonyl (C=O) groups is 2. The third-order valence-corrected chi connectivity index (χ3v) is 2.84. The lowest BCUT2D eigenvalue weighted by molar-refractivity contribution is -0.120. The van der Waals surface area contributed by atoms with Crippen LogP contribution in [0.5, 0.6) is 5.75 Å². The standard InChI is InChI=1S/C12H14N2O3/c1-7-6-8(3-5-10(7)15)2-4-9-11(16)14-12(17)13-9/h3,5-6,9,15H,2,4H2,1H3,(H2,13,14,16,17). The first-order valence-electron chi connectivity index (χ1n) is 5.46. The average molecular weight is 234 g/mol. The first-order chi connectivity index (χ1) is 8.06. The van der Waals surface area contributed by atoms with Crippen molar-refractivity contribution in [3.8, 4) is 5.75 Å². The molecule has 5 heteroatoms. The van der Waals surface area contributed by atoms with Crippen LogP contribution < -0.4 is 10.6 Å². The molecule has 0 saturated carbocycles. The molecule has 3 N–H and O–H groups in total. The Labute approximate surface area is 98.8 Å². The molecule has 1 heterocycles. The van der Waals surface area contributed by atoms with Crippen molar-refractivity contribution in [2.24, 2.45) is 0 Å². The minimum atomic E-state index is -0.448. The van der Waals surface area contributed by atoms with Crippen molar-refractivity contribution >= 4 is 11.9 Å². The van der Waals surface area contributed by atoms with Gasteiger partial charge in [0, 0.05) is 0 Å². The Morgan fingerprint density at radius 3 is 2.71 bits per heavy atom. The quantitative estimate of drug-likeness (QED) is 0.678. The highest BCUT2D eigenvalue weighted by molar-refractivity contribution is 6.04. The molecule has 0 radical (unpaired) electrons. The zero-order valence-corrected chi connectivity index (χ0v) is 9.49. The van der Waals surface area contributed by atoms with Gasteiger partial charge in [0.1, 0.15) is 11.8 Å². The molecule has 1 fully saturated rings. The highest BCUT2D eigenvalue weighted by atomic mass is 16.3. The summed E-state index contributed by atoms with van der Waals surface area (Å²) in [7, 11) is 0. The lowest BCUT2D eigenvalue weighted by atomic mass is 10.0. The Hall–Kier alpha value is -2.04. The third-order valence-electron chi connectivity index (χ3n) is 2.84. The summed E-state index contributed by atoms with van der Waals surface area (Å²) in [5, 5.41) is 14.1. The number of imide groups is 1. The molecule has 3 amide bonds. The Morgan fingerprint density at radius 2 is 2.12 bits per heavy atom. The van der Waals surface area contributed by atoms with Gasteiger partial charge in [0.2, 0.25) is 0 Å². The van der Waals surface area contributed by atoms with Crippen LogP contribution in [0, 0.1) is 6.92 Å². The molecule has 1 aliphatic heterocycles. The van der Waals surface area contributed by atoms with Crippen LogP contribution in [0.2, 0.25) is 0 Å². The minimum Gasteiger partial charge on any atom is -0.508 e. The lowest BCUT2D eigenvalue weighted by Gasteiger charge is -2.08. The third kappa shape index (κ3) is 2.55. The molecule has 90 valence electrons. The number of benzene rings is 1. The lowest BCUT2D eigenvalue weighted by Crippen LogP contribution is -2.29. The van der Waals surface area contributed by atoms with Crippen molar-refractivity contribution in [1.82, 2.24) is 10.6 Å². The van der Waals surface area contributed by atoms with Crippen molar-refractivity contribution in [3.05, 3.63) is 29.3 Å². The molecule has 0 aliphatic carbocycles. The first-order valence-corrected chi connectivity index (χ1v) is 5.46. The second-order valence-corrected chi connectivity index (χ2v) is 4.17. The number of phenols is 1. The molecule has 0 bridgehead atoms. The summed E-state index contributed by atoms with van der Waals surface area (Å²) in [6, 6.07) is 4.46. The van der Waals surface area contributed by atoms with Crippen molar-refractivity contribution in [3.63, 3.8) is 0 Å². The Balaban J connectivity index is 1.96. The van der Waals surface area contributed by atoms with Gasteiger partial charge in [-0.05, 0) is 37.0 Å². The summed E-state index contributed by atoms with van der Waals surface area (Å²) in [4.78, 5) is 22.2. The van der Waals surface area contributed by atoms with E-state index in [9.17, 15) is 14.7 Å². The van der Waals surface area contributed by atoms with Crippen LogP contribution >= 0.6 is 0 Å². The SMILES string of the molecule is Cc1cc(CCC2NC(=O)NC2=O)ccc1O. The average Bonchev–Trinajstić information content (AvgIpc) is 2.59. The molecule has 5 nitrogen and oxygen atoms in total. The van der Waals surface area contributed by atoms with Crippen LogP contribution in [0.15, 0.2) is 18.2 Å². The van der Waals surface area contributed by atoms with E-state index in [0.29, 0.717) is 12.8 Å². The van der Waals surface area contributed by atoms with Crippen molar-refractivity contribution in [2.75, 3.05) is 0 Å². The predicted molar refractivity (Wildman–Crippen MR) is 61.6 cm³/mol. The largest absolute Gasteiger partial charge is 0.508 e. The number of amides is 3. The maximum absolute atomic E-state index is 11.3. The molecule has 1 aromatic rings. The topological polar surface area (TPSA) is 78.4 Å². The Bertz CT molecular complexity index is 471. The van der Waals surface area contributed by atoms with Crippen molar-refractivity contribution in [2.45, 2.75) is 25.8 Å². The van der Waals surface area contributed by atoms with E-state index in [-0.39, 0.29) is 11.7 Å². The fraction of sp³-hybridized carbons (Fsp3) is 0.333. The van der Waals surface area contributed by atoms with Gasteiger partial charge in [0.25, 0.3) is 5.91 Å². The number of hydrogen-bond acceptors (Lipinski definition) is 3.